The first-order chi connectivity index (χ1) is 10.8. The second-order valence-corrected chi connectivity index (χ2v) is 5.48. The lowest BCUT2D eigenvalue weighted by Gasteiger charge is -2.29. The highest BCUT2D eigenvalue weighted by molar-refractivity contribution is 5.82. The smallest absolute Gasteiger partial charge is 0.469 e. The van der Waals surface area contributed by atoms with Crippen LogP contribution in [-0.4, -0.2) is 80.9 Å². The Kier molecular flexibility index (Phi) is 7.77. The molecule has 0 bridgehead atoms. The maximum Gasteiger partial charge on any atom is 0.471 e. The quantitative estimate of drug-likeness (QED) is 0.645. The third kappa shape index (κ3) is 6.74. The van der Waals surface area contributed by atoms with Crippen LogP contribution in [0.4, 0.5) is 13.2 Å². The molecule has 1 unspecified atom stereocenters. The molecular formula is C14H23F3N2O4. The van der Waals surface area contributed by atoms with Crippen LogP contribution in [0.2, 0.25) is 0 Å². The van der Waals surface area contributed by atoms with Crippen LogP contribution in [0.25, 0.3) is 0 Å². The number of carbonyl (C=O) groups is 2. The molecule has 1 atom stereocenters. The van der Waals surface area contributed by atoms with Crippen molar-refractivity contribution < 1.29 is 32.2 Å². The molecule has 1 saturated heterocycles. The van der Waals surface area contributed by atoms with E-state index in [1.807, 2.05) is 0 Å². The van der Waals surface area contributed by atoms with Crippen LogP contribution in [-0.2, 0) is 19.1 Å². The van der Waals surface area contributed by atoms with Crippen molar-refractivity contribution in [3.8, 4) is 0 Å². The molecule has 1 heterocycles. The van der Waals surface area contributed by atoms with Crippen LogP contribution in [0, 0.1) is 5.92 Å². The number of esters is 1. The summed E-state index contributed by atoms with van der Waals surface area (Å²) in [6.07, 6.45) is -4.55. The normalized spacial score (nSPS) is 17.6. The van der Waals surface area contributed by atoms with E-state index in [0.29, 0.717) is 31.1 Å². The molecule has 0 N–H and O–H groups in total. The summed E-state index contributed by atoms with van der Waals surface area (Å²) in [7, 11) is 1.16. The average Bonchev–Trinajstić information content (AvgIpc) is 2.52. The van der Waals surface area contributed by atoms with E-state index in [0.717, 1.165) is 20.2 Å². The number of rotatable bonds is 7. The van der Waals surface area contributed by atoms with Gasteiger partial charge < -0.3 is 14.4 Å². The molecule has 6 nitrogen and oxygen atoms in total. The van der Waals surface area contributed by atoms with Gasteiger partial charge in [-0.05, 0) is 6.42 Å². The summed E-state index contributed by atoms with van der Waals surface area (Å²) >= 11 is 0. The van der Waals surface area contributed by atoms with Gasteiger partial charge in [-0.3, -0.25) is 14.5 Å². The molecule has 1 rings (SSSR count). The van der Waals surface area contributed by atoms with E-state index in [4.69, 9.17) is 4.74 Å². The second kappa shape index (κ2) is 9.07. The van der Waals surface area contributed by atoms with Crippen LogP contribution < -0.4 is 0 Å². The van der Waals surface area contributed by atoms with Crippen LogP contribution >= 0.6 is 0 Å². The number of ether oxygens (including phenoxy) is 2. The maximum absolute atomic E-state index is 12.7. The van der Waals surface area contributed by atoms with Crippen molar-refractivity contribution in [3.63, 3.8) is 0 Å². The van der Waals surface area contributed by atoms with E-state index in [1.54, 1.807) is 0 Å². The Morgan fingerprint density at radius 2 is 1.91 bits per heavy atom. The fraction of sp³-hybridized carbons (Fsp3) is 0.857. The lowest BCUT2D eigenvalue weighted by Crippen LogP contribution is -2.46. The highest BCUT2D eigenvalue weighted by Gasteiger charge is 2.43. The van der Waals surface area contributed by atoms with Gasteiger partial charge in [-0.15, -0.1) is 0 Å². The molecule has 0 aromatic carbocycles. The molecule has 0 saturated carbocycles. The topological polar surface area (TPSA) is 59.1 Å². The van der Waals surface area contributed by atoms with Crippen molar-refractivity contribution in [2.75, 3.05) is 53.0 Å². The van der Waals surface area contributed by atoms with Gasteiger partial charge in [0, 0.05) is 32.7 Å². The number of nitrogens with zero attached hydrogens (tertiary/aromatic N) is 2. The Morgan fingerprint density at radius 1 is 1.30 bits per heavy atom. The number of hydrogen-bond donors (Lipinski definition) is 0. The van der Waals surface area contributed by atoms with Gasteiger partial charge in [0.15, 0.2) is 0 Å². The monoisotopic (exact) mass is 340 g/mol. The minimum absolute atomic E-state index is 0.0585. The van der Waals surface area contributed by atoms with Crippen LogP contribution in [0.15, 0.2) is 0 Å². The van der Waals surface area contributed by atoms with Crippen molar-refractivity contribution in [1.29, 1.82) is 0 Å². The van der Waals surface area contributed by atoms with Crippen LogP contribution in [0.3, 0.4) is 0 Å². The molecule has 1 aliphatic heterocycles. The molecule has 0 spiro atoms. The van der Waals surface area contributed by atoms with Gasteiger partial charge in [-0.1, -0.05) is 6.92 Å². The summed E-state index contributed by atoms with van der Waals surface area (Å²) in [5.74, 6) is -3.37. The van der Waals surface area contributed by atoms with E-state index >= 15 is 0 Å². The van der Waals surface area contributed by atoms with Gasteiger partial charge >= 0.3 is 18.1 Å². The Labute approximate surface area is 133 Å². The zero-order valence-corrected chi connectivity index (χ0v) is 13.4. The third-order valence-electron chi connectivity index (χ3n) is 3.63. The predicted octanol–water partition coefficient (Wildman–Crippen LogP) is 0.909. The van der Waals surface area contributed by atoms with Gasteiger partial charge in [0.25, 0.3) is 0 Å². The minimum atomic E-state index is -4.95. The summed E-state index contributed by atoms with van der Waals surface area (Å²) in [6, 6.07) is 0. The van der Waals surface area contributed by atoms with E-state index < -0.39 is 24.0 Å². The van der Waals surface area contributed by atoms with Crippen LogP contribution in [0.1, 0.15) is 13.3 Å². The summed E-state index contributed by atoms with van der Waals surface area (Å²) in [6.45, 7) is 4.31. The number of amides is 1. The zero-order valence-electron chi connectivity index (χ0n) is 13.4. The first kappa shape index (κ1) is 19.7. The average molecular weight is 340 g/mol. The highest BCUT2D eigenvalue weighted by atomic mass is 19.4. The highest BCUT2D eigenvalue weighted by Crippen LogP contribution is 2.20. The Morgan fingerprint density at radius 3 is 2.43 bits per heavy atom. The molecule has 0 aromatic rings. The number of halogens is 3. The first-order valence-electron chi connectivity index (χ1n) is 7.49. The number of methoxy groups -OCH3 is 1. The fourth-order valence-corrected chi connectivity index (χ4v) is 2.37. The molecule has 134 valence electrons. The van der Waals surface area contributed by atoms with E-state index in [1.165, 1.54) is 6.92 Å². The summed E-state index contributed by atoms with van der Waals surface area (Å²) in [5, 5.41) is 0. The standard InChI is InChI=1S/C14H23F3N2O4/c1-11(12(20)22-2)10-19(13(21)14(15,16)17)5-3-4-18-6-8-23-9-7-18/h11H,3-10H2,1-2H3. The lowest BCUT2D eigenvalue weighted by atomic mass is 10.1. The van der Waals surface area contributed by atoms with Crippen molar-refractivity contribution in [2.24, 2.45) is 5.92 Å². The Balaban J connectivity index is 2.56. The van der Waals surface area contributed by atoms with Crippen molar-refractivity contribution in [3.05, 3.63) is 0 Å². The molecule has 23 heavy (non-hydrogen) atoms. The van der Waals surface area contributed by atoms with E-state index in [2.05, 4.69) is 9.64 Å². The number of morpholine rings is 1. The van der Waals surface area contributed by atoms with E-state index in [9.17, 15) is 22.8 Å². The van der Waals surface area contributed by atoms with E-state index in [-0.39, 0.29) is 13.1 Å². The fourth-order valence-electron chi connectivity index (χ4n) is 2.37. The molecule has 0 radical (unpaired) electrons. The summed E-state index contributed by atoms with van der Waals surface area (Å²) in [4.78, 5) is 25.6. The summed E-state index contributed by atoms with van der Waals surface area (Å²) in [5.41, 5.74) is 0. The number of alkyl halides is 3. The molecule has 0 aliphatic carbocycles. The predicted molar refractivity (Wildman–Crippen MR) is 75.7 cm³/mol. The Bertz CT molecular complexity index is 398. The molecule has 1 aliphatic rings. The Hall–Kier alpha value is -1.35. The van der Waals surface area contributed by atoms with Gasteiger partial charge in [0.05, 0.1) is 26.2 Å². The van der Waals surface area contributed by atoms with Crippen molar-refractivity contribution in [1.82, 2.24) is 9.80 Å². The first-order valence-corrected chi connectivity index (χ1v) is 7.49. The zero-order chi connectivity index (χ0) is 17.5. The molecule has 1 fully saturated rings. The minimum Gasteiger partial charge on any atom is -0.469 e. The van der Waals surface area contributed by atoms with Crippen molar-refractivity contribution in [2.45, 2.75) is 19.5 Å². The molecular weight excluding hydrogens is 317 g/mol. The third-order valence-corrected chi connectivity index (χ3v) is 3.63. The lowest BCUT2D eigenvalue weighted by molar-refractivity contribution is -0.186. The van der Waals surface area contributed by atoms with Crippen LogP contribution in [0.5, 0.6) is 0 Å². The van der Waals surface area contributed by atoms with Gasteiger partial charge in [-0.2, -0.15) is 13.2 Å². The molecule has 1 amide bonds. The molecule has 0 aromatic heterocycles. The molecule has 9 heteroatoms. The SMILES string of the molecule is COC(=O)C(C)CN(CCCN1CCOCC1)C(=O)C(F)(F)F. The second-order valence-electron chi connectivity index (χ2n) is 5.48. The number of carbonyl (C=O) groups excluding carboxylic acids is 2. The largest absolute Gasteiger partial charge is 0.471 e. The summed E-state index contributed by atoms with van der Waals surface area (Å²) < 4.78 is 47.7. The van der Waals surface area contributed by atoms with Crippen molar-refractivity contribution >= 4 is 11.9 Å². The van der Waals surface area contributed by atoms with Gasteiger partial charge in [0.2, 0.25) is 0 Å². The van der Waals surface area contributed by atoms with Gasteiger partial charge in [0.1, 0.15) is 0 Å². The number of hydrogen-bond acceptors (Lipinski definition) is 5. The van der Waals surface area contributed by atoms with Gasteiger partial charge in [-0.25, -0.2) is 0 Å². The maximum atomic E-state index is 12.7.